The minimum Gasteiger partial charge on any atom is -0.440 e. The van der Waals surface area contributed by atoms with Crippen LogP contribution < -0.4 is 0 Å². The van der Waals surface area contributed by atoms with Gasteiger partial charge < -0.3 is 4.74 Å². The first-order valence-electron chi connectivity index (χ1n) is 4.84. The molecule has 18 heavy (non-hydrogen) atoms. The van der Waals surface area contributed by atoms with Gasteiger partial charge in [0.05, 0.1) is 0 Å². The van der Waals surface area contributed by atoms with Crippen LogP contribution in [0.25, 0.3) is 0 Å². The summed E-state index contributed by atoms with van der Waals surface area (Å²) in [4.78, 5) is 20.4. The average molecular weight is 320 g/mol. The second kappa shape index (κ2) is 11.9. The molecule has 0 atom stereocenters. The standard InChI is InChI=1S/C8H14ClNO6S2/c1-4-17-15-13-10(14-16-18-5-2)8(11)12-6-7(3)9/h3-6H2,1-2H3. The number of nitrogens with zero attached hydrogens (tertiary/aromatic N) is 1. The van der Waals surface area contributed by atoms with Gasteiger partial charge in [-0.05, 0) is 0 Å². The number of hydrogen-bond acceptors (Lipinski definition) is 8. The van der Waals surface area contributed by atoms with Crippen LogP contribution in [0.4, 0.5) is 4.79 Å². The Balaban J connectivity index is 4.07. The number of ether oxygens (including phenoxy) is 1. The number of halogens is 1. The van der Waals surface area contributed by atoms with Gasteiger partial charge in [0.25, 0.3) is 0 Å². The van der Waals surface area contributed by atoms with E-state index >= 15 is 0 Å². The maximum absolute atomic E-state index is 11.4. The Morgan fingerprint density at radius 3 is 2.11 bits per heavy atom. The van der Waals surface area contributed by atoms with E-state index in [0.29, 0.717) is 16.7 Å². The molecule has 0 radical (unpaired) electrons. The lowest BCUT2D eigenvalue weighted by Gasteiger charge is -2.15. The van der Waals surface area contributed by atoms with Crippen molar-refractivity contribution in [2.75, 3.05) is 18.1 Å². The highest BCUT2D eigenvalue weighted by molar-refractivity contribution is 7.94. The molecule has 0 saturated heterocycles. The molecule has 0 spiro atoms. The van der Waals surface area contributed by atoms with E-state index in [1.54, 1.807) is 0 Å². The fourth-order valence-electron chi connectivity index (χ4n) is 0.461. The predicted molar refractivity (Wildman–Crippen MR) is 68.8 cm³/mol. The van der Waals surface area contributed by atoms with E-state index in [4.69, 9.17) is 11.6 Å². The van der Waals surface area contributed by atoms with Crippen LogP contribution in [0.15, 0.2) is 11.6 Å². The first-order valence-corrected chi connectivity index (χ1v) is 7.04. The van der Waals surface area contributed by atoms with Crippen molar-refractivity contribution in [3.63, 3.8) is 0 Å². The average Bonchev–Trinajstić information content (AvgIpc) is 2.34. The Morgan fingerprint density at radius 1 is 1.22 bits per heavy atom. The maximum Gasteiger partial charge on any atom is 0.465 e. The maximum atomic E-state index is 11.4. The van der Waals surface area contributed by atoms with Gasteiger partial charge in [-0.15, -0.1) is 8.67 Å². The van der Waals surface area contributed by atoms with Crippen LogP contribution in [0.3, 0.4) is 0 Å². The van der Waals surface area contributed by atoms with Gasteiger partial charge in [0.15, 0.2) is 0 Å². The number of hydrogen-bond donors (Lipinski definition) is 0. The molecule has 0 N–H and O–H groups in total. The van der Waals surface area contributed by atoms with Crippen LogP contribution in [0.2, 0.25) is 0 Å². The van der Waals surface area contributed by atoms with E-state index in [9.17, 15) is 4.79 Å². The molecule has 10 heteroatoms. The monoisotopic (exact) mass is 319 g/mol. The molecule has 0 aromatic carbocycles. The molecule has 0 heterocycles. The van der Waals surface area contributed by atoms with E-state index in [0.717, 1.165) is 24.1 Å². The third-order valence-electron chi connectivity index (χ3n) is 1.03. The normalized spacial score (nSPS) is 10.2. The Bertz CT molecular complexity index is 248. The van der Waals surface area contributed by atoms with Crippen molar-refractivity contribution in [3.8, 4) is 0 Å². The van der Waals surface area contributed by atoms with Crippen molar-refractivity contribution in [2.45, 2.75) is 13.8 Å². The zero-order chi connectivity index (χ0) is 13.8. The summed E-state index contributed by atoms with van der Waals surface area (Å²) < 4.78 is 13.8. The van der Waals surface area contributed by atoms with Gasteiger partial charge in [0.1, 0.15) is 6.61 Å². The molecular formula is C8H14ClNO6S2. The quantitative estimate of drug-likeness (QED) is 0.263. The van der Waals surface area contributed by atoms with Crippen LogP contribution in [0.1, 0.15) is 13.8 Å². The highest BCUT2D eigenvalue weighted by Gasteiger charge is 2.21. The van der Waals surface area contributed by atoms with Crippen LogP contribution in [0, 0.1) is 0 Å². The largest absolute Gasteiger partial charge is 0.465 e. The second-order valence-electron chi connectivity index (χ2n) is 2.43. The molecule has 106 valence electrons. The van der Waals surface area contributed by atoms with E-state index < -0.39 is 6.09 Å². The van der Waals surface area contributed by atoms with Crippen LogP contribution in [0.5, 0.6) is 0 Å². The number of rotatable bonds is 10. The molecule has 0 aliphatic heterocycles. The summed E-state index contributed by atoms with van der Waals surface area (Å²) >= 11 is 7.36. The van der Waals surface area contributed by atoms with E-state index in [1.807, 2.05) is 13.8 Å². The number of carbonyl (C=O) groups is 1. The van der Waals surface area contributed by atoms with Crippen LogP contribution in [-0.4, -0.2) is 29.4 Å². The van der Waals surface area contributed by atoms with Crippen molar-refractivity contribution < 1.29 is 28.2 Å². The molecule has 0 aromatic rings. The molecule has 1 amide bonds. The third kappa shape index (κ3) is 9.83. The smallest absolute Gasteiger partial charge is 0.440 e. The van der Waals surface area contributed by atoms with Gasteiger partial charge >= 0.3 is 6.09 Å². The van der Waals surface area contributed by atoms with E-state index in [2.05, 4.69) is 30.0 Å². The van der Waals surface area contributed by atoms with E-state index in [1.165, 1.54) is 0 Å². The fraction of sp³-hybridized carbons (Fsp3) is 0.625. The van der Waals surface area contributed by atoms with E-state index in [-0.39, 0.29) is 11.6 Å². The molecule has 0 rings (SSSR count). The lowest BCUT2D eigenvalue weighted by Crippen LogP contribution is -2.31. The minimum atomic E-state index is -0.995. The van der Waals surface area contributed by atoms with Gasteiger partial charge in [0.2, 0.25) is 0 Å². The Labute approximate surface area is 119 Å². The highest BCUT2D eigenvalue weighted by atomic mass is 35.5. The number of hydroxylamine groups is 2. The molecule has 0 aliphatic carbocycles. The number of carbonyl (C=O) groups excluding carboxylic acids is 1. The molecule has 7 nitrogen and oxygen atoms in total. The second-order valence-corrected chi connectivity index (χ2v) is 4.86. The molecule has 0 unspecified atom stereocenters. The minimum absolute atomic E-state index is 0.149. The SMILES string of the molecule is C=C(Cl)COC(=O)N(OOSCC)OOSCC. The molecular weight excluding hydrogens is 306 g/mol. The molecule has 0 fully saturated rings. The molecule has 0 aliphatic rings. The zero-order valence-corrected chi connectivity index (χ0v) is 12.3. The molecule has 0 saturated carbocycles. The van der Waals surface area contributed by atoms with Crippen LogP contribution in [-0.2, 0) is 23.4 Å². The van der Waals surface area contributed by atoms with Crippen LogP contribution >= 0.6 is 35.7 Å². The van der Waals surface area contributed by atoms with Crippen molar-refractivity contribution in [3.05, 3.63) is 11.6 Å². The fourth-order valence-corrected chi connectivity index (χ4v) is 0.904. The molecule has 0 aromatic heterocycles. The Kier molecular flexibility index (Phi) is 11.8. The summed E-state index contributed by atoms with van der Waals surface area (Å²) in [6, 6.07) is 0. The zero-order valence-electron chi connectivity index (χ0n) is 9.92. The lowest BCUT2D eigenvalue weighted by molar-refractivity contribution is -0.527. The van der Waals surface area contributed by atoms with Crippen molar-refractivity contribution in [1.29, 1.82) is 0 Å². The lowest BCUT2D eigenvalue weighted by atomic mass is 10.7. The van der Waals surface area contributed by atoms with Gasteiger partial charge in [0, 0.05) is 45.9 Å². The summed E-state index contributed by atoms with van der Waals surface area (Å²) in [5, 5.41) is 0.446. The van der Waals surface area contributed by atoms with Gasteiger partial charge in [-0.1, -0.05) is 42.0 Å². The van der Waals surface area contributed by atoms with Crippen molar-refractivity contribution in [1.82, 2.24) is 5.23 Å². The summed E-state index contributed by atoms with van der Waals surface area (Å²) in [6.45, 7) is 6.83. The first kappa shape index (κ1) is 17.8. The van der Waals surface area contributed by atoms with Gasteiger partial charge in [-0.2, -0.15) is 0 Å². The first-order chi connectivity index (χ1) is 8.61. The summed E-state index contributed by atoms with van der Waals surface area (Å²) in [5.74, 6) is 1.23. The Hall–Kier alpha value is -0.160. The summed E-state index contributed by atoms with van der Waals surface area (Å²) in [6.07, 6.45) is -0.995. The predicted octanol–water partition coefficient (Wildman–Crippen LogP) is 3.24. The van der Waals surface area contributed by atoms with Gasteiger partial charge in [-0.3, -0.25) is 0 Å². The van der Waals surface area contributed by atoms with Gasteiger partial charge in [-0.25, -0.2) is 4.79 Å². The van der Waals surface area contributed by atoms with Crippen molar-refractivity contribution in [2.24, 2.45) is 0 Å². The molecule has 0 bridgehead atoms. The Morgan fingerprint density at radius 2 is 1.72 bits per heavy atom. The number of amides is 1. The topological polar surface area (TPSA) is 66.5 Å². The highest BCUT2D eigenvalue weighted by Crippen LogP contribution is 2.11. The van der Waals surface area contributed by atoms with Crippen molar-refractivity contribution >= 4 is 41.8 Å². The third-order valence-corrected chi connectivity index (χ3v) is 1.92. The summed E-state index contributed by atoms with van der Waals surface area (Å²) in [5.41, 5.74) is 0. The summed E-state index contributed by atoms with van der Waals surface area (Å²) in [7, 11) is 0.